The minimum Gasteiger partial charge on any atom is -0.496 e. The van der Waals surface area contributed by atoms with Gasteiger partial charge in [-0.25, -0.2) is 0 Å². The summed E-state index contributed by atoms with van der Waals surface area (Å²) in [5.74, 6) is 1.99. The van der Waals surface area contributed by atoms with Crippen LogP contribution in [0, 0.1) is 5.92 Å². The molecule has 1 fully saturated rings. The molecule has 4 nitrogen and oxygen atoms in total. The molecule has 1 saturated heterocycles. The van der Waals surface area contributed by atoms with Crippen LogP contribution in [0.5, 0.6) is 5.75 Å². The molecule has 0 aliphatic carbocycles. The lowest BCUT2D eigenvalue weighted by Gasteiger charge is -2.30. The van der Waals surface area contributed by atoms with Crippen molar-refractivity contribution >= 4 is 5.91 Å². The SMILES string of the molecule is COc1ccccc1CCNCCC(=O)N1CCC(C)CC1. The number of likely N-dealkylation sites (tertiary alicyclic amines) is 1. The van der Waals surface area contributed by atoms with Gasteiger partial charge in [0.15, 0.2) is 0 Å². The van der Waals surface area contributed by atoms with Gasteiger partial charge < -0.3 is 15.0 Å². The second-order valence-electron chi connectivity index (χ2n) is 6.13. The average Bonchev–Trinajstić information content (AvgIpc) is 2.55. The Labute approximate surface area is 133 Å². The molecule has 1 aliphatic heterocycles. The van der Waals surface area contributed by atoms with Gasteiger partial charge in [-0.05, 0) is 43.4 Å². The van der Waals surface area contributed by atoms with Crippen LogP contribution in [0.4, 0.5) is 0 Å². The predicted molar refractivity (Wildman–Crippen MR) is 89.2 cm³/mol. The summed E-state index contributed by atoms with van der Waals surface area (Å²) >= 11 is 0. The molecule has 22 heavy (non-hydrogen) atoms. The highest BCUT2D eigenvalue weighted by Crippen LogP contribution is 2.17. The van der Waals surface area contributed by atoms with E-state index in [2.05, 4.69) is 18.3 Å². The van der Waals surface area contributed by atoms with Gasteiger partial charge in [-0.15, -0.1) is 0 Å². The van der Waals surface area contributed by atoms with Crippen molar-refractivity contribution in [2.45, 2.75) is 32.6 Å². The van der Waals surface area contributed by atoms with Gasteiger partial charge >= 0.3 is 0 Å². The first kappa shape index (κ1) is 16.8. The van der Waals surface area contributed by atoms with Crippen molar-refractivity contribution < 1.29 is 9.53 Å². The number of benzene rings is 1. The lowest BCUT2D eigenvalue weighted by molar-refractivity contribution is -0.132. The van der Waals surface area contributed by atoms with Crippen LogP contribution in [0.15, 0.2) is 24.3 Å². The van der Waals surface area contributed by atoms with Crippen LogP contribution in [0.25, 0.3) is 0 Å². The van der Waals surface area contributed by atoms with Crippen LogP contribution in [0.1, 0.15) is 31.7 Å². The van der Waals surface area contributed by atoms with Crippen LogP contribution >= 0.6 is 0 Å². The molecule has 1 amide bonds. The number of para-hydroxylation sites is 1. The van der Waals surface area contributed by atoms with Crippen molar-refractivity contribution in [1.29, 1.82) is 0 Å². The van der Waals surface area contributed by atoms with Crippen LogP contribution in [-0.4, -0.2) is 44.1 Å². The maximum Gasteiger partial charge on any atom is 0.223 e. The number of ether oxygens (including phenoxy) is 1. The smallest absolute Gasteiger partial charge is 0.223 e. The van der Waals surface area contributed by atoms with E-state index in [0.717, 1.165) is 57.1 Å². The van der Waals surface area contributed by atoms with Crippen LogP contribution in [0.2, 0.25) is 0 Å². The van der Waals surface area contributed by atoms with Gasteiger partial charge in [-0.3, -0.25) is 4.79 Å². The van der Waals surface area contributed by atoms with Gasteiger partial charge in [0.05, 0.1) is 7.11 Å². The maximum absolute atomic E-state index is 12.1. The van der Waals surface area contributed by atoms with E-state index >= 15 is 0 Å². The first-order chi connectivity index (χ1) is 10.7. The van der Waals surface area contributed by atoms with E-state index in [1.165, 1.54) is 5.56 Å². The minimum atomic E-state index is 0.289. The highest BCUT2D eigenvalue weighted by Gasteiger charge is 2.19. The number of rotatable bonds is 7. The molecular weight excluding hydrogens is 276 g/mol. The number of methoxy groups -OCH3 is 1. The van der Waals surface area contributed by atoms with Gasteiger partial charge in [-0.2, -0.15) is 0 Å². The molecule has 1 aromatic carbocycles. The lowest BCUT2D eigenvalue weighted by atomic mass is 9.99. The molecule has 0 bridgehead atoms. The Balaban J connectivity index is 1.62. The number of nitrogens with one attached hydrogen (secondary N) is 1. The van der Waals surface area contributed by atoms with E-state index < -0.39 is 0 Å². The number of carbonyl (C=O) groups is 1. The van der Waals surface area contributed by atoms with E-state index in [0.29, 0.717) is 6.42 Å². The molecule has 1 aliphatic rings. The van der Waals surface area contributed by atoms with Crippen LogP contribution in [-0.2, 0) is 11.2 Å². The quantitative estimate of drug-likeness (QED) is 0.787. The van der Waals surface area contributed by atoms with Crippen molar-refractivity contribution in [1.82, 2.24) is 10.2 Å². The van der Waals surface area contributed by atoms with E-state index in [-0.39, 0.29) is 5.91 Å². The molecule has 4 heteroatoms. The van der Waals surface area contributed by atoms with Crippen molar-refractivity contribution in [2.75, 3.05) is 33.3 Å². The van der Waals surface area contributed by atoms with Gasteiger partial charge in [-0.1, -0.05) is 25.1 Å². The molecule has 0 atom stereocenters. The summed E-state index contributed by atoms with van der Waals surface area (Å²) in [7, 11) is 1.70. The molecule has 0 unspecified atom stereocenters. The summed E-state index contributed by atoms with van der Waals surface area (Å²) in [5, 5.41) is 3.36. The van der Waals surface area contributed by atoms with Gasteiger partial charge in [0.25, 0.3) is 0 Å². The Kier molecular flexibility index (Phi) is 6.72. The van der Waals surface area contributed by atoms with Crippen LogP contribution in [0.3, 0.4) is 0 Å². The van der Waals surface area contributed by atoms with Gasteiger partial charge in [0.2, 0.25) is 5.91 Å². The fourth-order valence-electron chi connectivity index (χ4n) is 2.87. The number of hydrogen-bond donors (Lipinski definition) is 1. The summed E-state index contributed by atoms with van der Waals surface area (Å²) in [6, 6.07) is 8.07. The molecular formula is C18H28N2O2. The highest BCUT2D eigenvalue weighted by molar-refractivity contribution is 5.76. The van der Waals surface area contributed by atoms with E-state index in [1.54, 1.807) is 7.11 Å². The summed E-state index contributed by atoms with van der Waals surface area (Å²) in [5.41, 5.74) is 1.20. The first-order valence-corrected chi connectivity index (χ1v) is 8.31. The second-order valence-corrected chi connectivity index (χ2v) is 6.13. The summed E-state index contributed by atoms with van der Waals surface area (Å²) in [6.45, 7) is 5.74. The van der Waals surface area contributed by atoms with E-state index in [1.807, 2.05) is 23.1 Å². The van der Waals surface area contributed by atoms with E-state index in [9.17, 15) is 4.79 Å². The summed E-state index contributed by atoms with van der Waals surface area (Å²) < 4.78 is 5.34. The Bertz CT molecular complexity index is 468. The summed E-state index contributed by atoms with van der Waals surface area (Å²) in [6.07, 6.45) is 3.81. The Morgan fingerprint density at radius 2 is 2.00 bits per heavy atom. The second kappa shape index (κ2) is 8.79. The largest absolute Gasteiger partial charge is 0.496 e. The van der Waals surface area contributed by atoms with E-state index in [4.69, 9.17) is 4.74 Å². The Morgan fingerprint density at radius 1 is 1.27 bits per heavy atom. The molecule has 2 rings (SSSR count). The molecule has 1 N–H and O–H groups in total. The molecule has 122 valence electrons. The molecule has 0 saturated carbocycles. The Hall–Kier alpha value is -1.55. The zero-order chi connectivity index (χ0) is 15.8. The molecule has 1 aromatic rings. The average molecular weight is 304 g/mol. The van der Waals surface area contributed by atoms with Crippen LogP contribution < -0.4 is 10.1 Å². The van der Waals surface area contributed by atoms with Gasteiger partial charge in [0.1, 0.15) is 5.75 Å². The number of nitrogens with zero attached hydrogens (tertiary/aromatic N) is 1. The first-order valence-electron chi connectivity index (χ1n) is 8.31. The third kappa shape index (κ3) is 5.02. The Morgan fingerprint density at radius 3 is 2.73 bits per heavy atom. The summed E-state index contributed by atoms with van der Waals surface area (Å²) in [4.78, 5) is 14.1. The molecule has 0 aromatic heterocycles. The third-order valence-electron chi connectivity index (χ3n) is 4.42. The number of hydrogen-bond acceptors (Lipinski definition) is 3. The molecule has 0 spiro atoms. The number of piperidine rings is 1. The predicted octanol–water partition coefficient (Wildman–Crippen LogP) is 2.48. The topological polar surface area (TPSA) is 41.6 Å². The molecule has 1 heterocycles. The normalized spacial score (nSPS) is 15.8. The fourth-order valence-corrected chi connectivity index (χ4v) is 2.87. The van der Waals surface area contributed by atoms with Crippen molar-refractivity contribution in [3.05, 3.63) is 29.8 Å². The number of carbonyl (C=O) groups excluding carboxylic acids is 1. The maximum atomic E-state index is 12.1. The van der Waals surface area contributed by atoms with Gasteiger partial charge in [0, 0.05) is 26.1 Å². The highest BCUT2D eigenvalue weighted by atomic mass is 16.5. The zero-order valence-corrected chi connectivity index (χ0v) is 13.8. The third-order valence-corrected chi connectivity index (χ3v) is 4.42. The standard InChI is InChI=1S/C18H28N2O2/c1-15-9-13-20(14-10-15)18(21)8-12-19-11-7-16-5-3-4-6-17(16)22-2/h3-6,15,19H,7-14H2,1-2H3. The minimum absolute atomic E-state index is 0.289. The van der Waals surface area contributed by atoms with Crippen molar-refractivity contribution in [2.24, 2.45) is 5.92 Å². The van der Waals surface area contributed by atoms with Crippen molar-refractivity contribution in [3.8, 4) is 5.75 Å². The molecule has 0 radical (unpaired) electrons. The fraction of sp³-hybridized carbons (Fsp3) is 0.611. The lowest BCUT2D eigenvalue weighted by Crippen LogP contribution is -2.39. The number of amides is 1. The van der Waals surface area contributed by atoms with Crippen molar-refractivity contribution in [3.63, 3.8) is 0 Å². The monoisotopic (exact) mass is 304 g/mol. The zero-order valence-electron chi connectivity index (χ0n) is 13.8.